The smallest absolute Gasteiger partial charge is 0.211 e. The molecule has 0 aromatic heterocycles. The standard InChI is InChI=1S/C11H24N2O2S/c1-16(14,15)13(10-6-9-12)11-7-4-2-3-5-8-11/h11H,2-10,12H2,1H3. The maximum Gasteiger partial charge on any atom is 0.211 e. The van der Waals surface area contributed by atoms with E-state index in [-0.39, 0.29) is 6.04 Å². The van der Waals surface area contributed by atoms with Gasteiger partial charge >= 0.3 is 0 Å². The molecule has 0 aliphatic heterocycles. The Hall–Kier alpha value is -0.130. The molecule has 0 aromatic carbocycles. The van der Waals surface area contributed by atoms with E-state index in [0.717, 1.165) is 32.1 Å². The van der Waals surface area contributed by atoms with E-state index in [1.807, 2.05) is 0 Å². The maximum atomic E-state index is 11.7. The molecule has 0 heterocycles. The van der Waals surface area contributed by atoms with Gasteiger partial charge in [-0.15, -0.1) is 0 Å². The third-order valence-electron chi connectivity index (χ3n) is 3.24. The Morgan fingerprint density at radius 3 is 2.19 bits per heavy atom. The number of nitrogens with two attached hydrogens (primary N) is 1. The highest BCUT2D eigenvalue weighted by molar-refractivity contribution is 7.88. The van der Waals surface area contributed by atoms with Crippen LogP contribution in [0.3, 0.4) is 0 Å². The molecule has 16 heavy (non-hydrogen) atoms. The highest BCUT2D eigenvalue weighted by atomic mass is 32.2. The van der Waals surface area contributed by atoms with Crippen molar-refractivity contribution >= 4 is 10.0 Å². The summed E-state index contributed by atoms with van der Waals surface area (Å²) in [5.74, 6) is 0. The van der Waals surface area contributed by atoms with E-state index in [0.29, 0.717) is 13.1 Å². The average Bonchev–Trinajstić information content (AvgIpc) is 2.45. The molecule has 0 spiro atoms. The van der Waals surface area contributed by atoms with Gasteiger partial charge in [-0.25, -0.2) is 8.42 Å². The van der Waals surface area contributed by atoms with E-state index >= 15 is 0 Å². The van der Waals surface area contributed by atoms with Crippen molar-refractivity contribution in [1.82, 2.24) is 4.31 Å². The van der Waals surface area contributed by atoms with E-state index in [2.05, 4.69) is 0 Å². The summed E-state index contributed by atoms with van der Waals surface area (Å²) >= 11 is 0. The first-order chi connectivity index (χ1) is 7.55. The lowest BCUT2D eigenvalue weighted by Gasteiger charge is -2.28. The minimum atomic E-state index is -3.08. The molecule has 0 saturated heterocycles. The second kappa shape index (κ2) is 6.57. The van der Waals surface area contributed by atoms with E-state index in [4.69, 9.17) is 5.73 Å². The van der Waals surface area contributed by atoms with Crippen LogP contribution in [0, 0.1) is 0 Å². The number of sulfonamides is 1. The highest BCUT2D eigenvalue weighted by Gasteiger charge is 2.26. The van der Waals surface area contributed by atoms with Gasteiger partial charge in [-0.2, -0.15) is 4.31 Å². The maximum absolute atomic E-state index is 11.7. The quantitative estimate of drug-likeness (QED) is 0.746. The summed E-state index contributed by atoms with van der Waals surface area (Å²) in [5.41, 5.74) is 5.46. The molecular weight excluding hydrogens is 224 g/mol. The van der Waals surface area contributed by atoms with Crippen molar-refractivity contribution in [2.75, 3.05) is 19.3 Å². The molecule has 2 N–H and O–H groups in total. The summed E-state index contributed by atoms with van der Waals surface area (Å²) in [6.07, 6.45) is 8.88. The fraction of sp³-hybridized carbons (Fsp3) is 1.00. The Bertz CT molecular complexity index is 282. The summed E-state index contributed by atoms with van der Waals surface area (Å²) in [4.78, 5) is 0. The molecule has 0 radical (unpaired) electrons. The van der Waals surface area contributed by atoms with Crippen LogP contribution in [0.1, 0.15) is 44.9 Å². The SMILES string of the molecule is CS(=O)(=O)N(CCCN)C1CCCCCC1. The van der Waals surface area contributed by atoms with Crippen LogP contribution in [0.5, 0.6) is 0 Å². The fourth-order valence-electron chi connectivity index (χ4n) is 2.41. The lowest BCUT2D eigenvalue weighted by atomic mass is 10.1. The molecule has 0 bridgehead atoms. The molecular formula is C11H24N2O2S. The third-order valence-corrected chi connectivity index (χ3v) is 4.57. The number of nitrogens with zero attached hydrogens (tertiary/aromatic N) is 1. The van der Waals surface area contributed by atoms with E-state index < -0.39 is 10.0 Å². The summed E-state index contributed by atoms with van der Waals surface area (Å²) < 4.78 is 25.1. The zero-order chi connectivity index (χ0) is 12.0. The van der Waals surface area contributed by atoms with Gasteiger partial charge in [0, 0.05) is 12.6 Å². The van der Waals surface area contributed by atoms with Crippen molar-refractivity contribution in [3.63, 3.8) is 0 Å². The van der Waals surface area contributed by atoms with Gasteiger partial charge < -0.3 is 5.73 Å². The van der Waals surface area contributed by atoms with E-state index in [1.54, 1.807) is 4.31 Å². The summed E-state index contributed by atoms with van der Waals surface area (Å²) in [6, 6.07) is 0.212. The van der Waals surface area contributed by atoms with Crippen molar-refractivity contribution in [3.05, 3.63) is 0 Å². The second-order valence-corrected chi connectivity index (χ2v) is 6.60. The highest BCUT2D eigenvalue weighted by Crippen LogP contribution is 2.23. The summed E-state index contributed by atoms with van der Waals surface area (Å²) in [7, 11) is -3.08. The van der Waals surface area contributed by atoms with Crippen LogP contribution in [-0.2, 0) is 10.0 Å². The Labute approximate surface area is 99.2 Å². The van der Waals surface area contributed by atoms with Gasteiger partial charge in [0.15, 0.2) is 0 Å². The van der Waals surface area contributed by atoms with Crippen molar-refractivity contribution in [2.24, 2.45) is 5.73 Å². The molecule has 1 aliphatic carbocycles. The second-order valence-electron chi connectivity index (χ2n) is 4.66. The molecule has 5 heteroatoms. The lowest BCUT2D eigenvalue weighted by molar-refractivity contribution is 0.292. The first-order valence-electron chi connectivity index (χ1n) is 6.22. The zero-order valence-electron chi connectivity index (χ0n) is 10.2. The first-order valence-corrected chi connectivity index (χ1v) is 8.07. The predicted molar refractivity (Wildman–Crippen MR) is 66.7 cm³/mol. The van der Waals surface area contributed by atoms with Gasteiger partial charge in [0.2, 0.25) is 10.0 Å². The molecule has 1 rings (SSSR count). The van der Waals surface area contributed by atoms with Crippen molar-refractivity contribution in [1.29, 1.82) is 0 Å². The molecule has 96 valence electrons. The number of hydrogen-bond donors (Lipinski definition) is 1. The lowest BCUT2D eigenvalue weighted by Crippen LogP contribution is -2.40. The van der Waals surface area contributed by atoms with E-state index in [9.17, 15) is 8.42 Å². The van der Waals surface area contributed by atoms with E-state index in [1.165, 1.54) is 19.1 Å². The zero-order valence-corrected chi connectivity index (χ0v) is 11.0. The topological polar surface area (TPSA) is 63.4 Å². The van der Waals surface area contributed by atoms with Gasteiger partial charge in [0.25, 0.3) is 0 Å². The predicted octanol–water partition coefficient (Wildman–Crippen LogP) is 1.32. The molecule has 1 aliphatic rings. The van der Waals surface area contributed by atoms with Crippen LogP contribution in [0.4, 0.5) is 0 Å². The van der Waals surface area contributed by atoms with Crippen molar-refractivity contribution < 1.29 is 8.42 Å². The minimum Gasteiger partial charge on any atom is -0.330 e. The molecule has 0 atom stereocenters. The number of hydrogen-bond acceptors (Lipinski definition) is 3. The Morgan fingerprint density at radius 2 is 1.75 bits per heavy atom. The van der Waals surface area contributed by atoms with Crippen molar-refractivity contribution in [3.8, 4) is 0 Å². The molecule has 1 saturated carbocycles. The van der Waals surface area contributed by atoms with Gasteiger partial charge in [-0.1, -0.05) is 25.7 Å². The first kappa shape index (κ1) is 13.9. The largest absolute Gasteiger partial charge is 0.330 e. The van der Waals surface area contributed by atoms with Crippen LogP contribution < -0.4 is 5.73 Å². The van der Waals surface area contributed by atoms with Gasteiger partial charge in [-0.05, 0) is 25.8 Å². The summed E-state index contributed by atoms with van der Waals surface area (Å²) in [6.45, 7) is 1.14. The third kappa shape index (κ3) is 4.39. The van der Waals surface area contributed by atoms with Crippen LogP contribution in [0.15, 0.2) is 0 Å². The molecule has 4 nitrogen and oxygen atoms in total. The Morgan fingerprint density at radius 1 is 1.19 bits per heavy atom. The van der Waals surface area contributed by atoms with Crippen LogP contribution in [-0.4, -0.2) is 38.1 Å². The van der Waals surface area contributed by atoms with Crippen molar-refractivity contribution in [2.45, 2.75) is 51.0 Å². The monoisotopic (exact) mass is 248 g/mol. The Kier molecular flexibility index (Phi) is 5.72. The fourth-order valence-corrected chi connectivity index (χ4v) is 3.63. The van der Waals surface area contributed by atoms with Gasteiger partial charge in [0.05, 0.1) is 6.26 Å². The van der Waals surface area contributed by atoms with Crippen LogP contribution in [0.25, 0.3) is 0 Å². The average molecular weight is 248 g/mol. The number of rotatable bonds is 5. The Balaban J connectivity index is 2.66. The normalized spacial score (nSPS) is 19.9. The van der Waals surface area contributed by atoms with Gasteiger partial charge in [0.1, 0.15) is 0 Å². The van der Waals surface area contributed by atoms with Crippen LogP contribution in [0.2, 0.25) is 0 Å². The van der Waals surface area contributed by atoms with Gasteiger partial charge in [-0.3, -0.25) is 0 Å². The summed E-state index contributed by atoms with van der Waals surface area (Å²) in [5, 5.41) is 0. The molecule has 1 fully saturated rings. The molecule has 0 aromatic rings. The minimum absolute atomic E-state index is 0.212. The van der Waals surface area contributed by atoms with Crippen LogP contribution >= 0.6 is 0 Å². The molecule has 0 unspecified atom stereocenters. The molecule has 0 amide bonds.